The molecule has 0 saturated heterocycles. The van der Waals surface area contributed by atoms with Gasteiger partial charge in [-0.05, 0) is 24.3 Å². The molecule has 0 atom stereocenters. The van der Waals surface area contributed by atoms with Crippen LogP contribution in [0.4, 0.5) is 0 Å². The summed E-state index contributed by atoms with van der Waals surface area (Å²) in [4.78, 5) is 21.4. The molecule has 108 valence electrons. The van der Waals surface area contributed by atoms with Crippen LogP contribution >= 0.6 is 11.8 Å². The van der Waals surface area contributed by atoms with E-state index in [1.807, 2.05) is 36.4 Å². The van der Waals surface area contributed by atoms with E-state index in [2.05, 4.69) is 9.97 Å². The van der Waals surface area contributed by atoms with E-state index in [1.165, 1.54) is 11.8 Å². The number of amides is 1. The molecule has 0 spiro atoms. The molecular weight excluding hydrogens is 286 g/mol. The van der Waals surface area contributed by atoms with Gasteiger partial charge in [0.05, 0.1) is 29.6 Å². The predicted molar refractivity (Wildman–Crippen MR) is 82.0 cm³/mol. The Kier molecular flexibility index (Phi) is 3.96. The molecule has 3 aromatic rings. The summed E-state index contributed by atoms with van der Waals surface area (Å²) in [5, 5.41) is 0.760. The molecule has 6 heteroatoms. The van der Waals surface area contributed by atoms with Gasteiger partial charge in [0.15, 0.2) is 5.16 Å². The van der Waals surface area contributed by atoms with E-state index < -0.39 is 0 Å². The molecule has 1 N–H and O–H groups in total. The van der Waals surface area contributed by atoms with Crippen molar-refractivity contribution < 1.29 is 9.21 Å². The molecule has 5 nitrogen and oxygen atoms in total. The smallest absolute Gasteiger partial charge is 0.233 e. The van der Waals surface area contributed by atoms with Crippen molar-refractivity contribution in [3.05, 3.63) is 48.4 Å². The SMILES string of the molecule is CN(Cc1ccco1)C(=O)CSc1nc2ccccc2[nH]1. The summed E-state index contributed by atoms with van der Waals surface area (Å²) in [5.74, 6) is 1.16. The minimum atomic E-state index is 0.0388. The summed E-state index contributed by atoms with van der Waals surface area (Å²) in [5.41, 5.74) is 1.90. The quantitative estimate of drug-likeness (QED) is 0.736. The number of carbonyl (C=O) groups excluding carboxylic acids is 1. The zero-order chi connectivity index (χ0) is 14.7. The van der Waals surface area contributed by atoms with Gasteiger partial charge in [-0.3, -0.25) is 4.79 Å². The highest BCUT2D eigenvalue weighted by Crippen LogP contribution is 2.19. The number of aromatic amines is 1. The summed E-state index contributed by atoms with van der Waals surface area (Å²) in [6.45, 7) is 0.479. The van der Waals surface area contributed by atoms with Crippen molar-refractivity contribution >= 4 is 28.7 Å². The third-order valence-corrected chi connectivity index (χ3v) is 3.96. The number of para-hydroxylation sites is 2. The number of nitrogens with zero attached hydrogens (tertiary/aromatic N) is 2. The predicted octanol–water partition coefficient (Wildman–Crippen LogP) is 2.91. The van der Waals surface area contributed by atoms with Crippen LogP contribution in [0.25, 0.3) is 11.0 Å². The molecule has 2 heterocycles. The van der Waals surface area contributed by atoms with Crippen LogP contribution in [-0.4, -0.2) is 33.6 Å². The molecule has 0 radical (unpaired) electrons. The second-order valence-electron chi connectivity index (χ2n) is 4.68. The van der Waals surface area contributed by atoms with E-state index in [0.717, 1.165) is 22.0 Å². The van der Waals surface area contributed by atoms with E-state index >= 15 is 0 Å². The van der Waals surface area contributed by atoms with Crippen molar-refractivity contribution in [2.75, 3.05) is 12.8 Å². The van der Waals surface area contributed by atoms with E-state index in [4.69, 9.17) is 4.42 Å². The molecule has 0 unspecified atom stereocenters. The lowest BCUT2D eigenvalue weighted by Crippen LogP contribution is -2.27. The number of rotatable bonds is 5. The Morgan fingerprint density at radius 2 is 2.19 bits per heavy atom. The highest BCUT2D eigenvalue weighted by Gasteiger charge is 2.12. The van der Waals surface area contributed by atoms with E-state index in [-0.39, 0.29) is 5.91 Å². The lowest BCUT2D eigenvalue weighted by molar-refractivity contribution is -0.127. The summed E-state index contributed by atoms with van der Waals surface area (Å²) in [6.07, 6.45) is 1.61. The van der Waals surface area contributed by atoms with E-state index in [1.54, 1.807) is 18.2 Å². The number of thioether (sulfide) groups is 1. The fourth-order valence-corrected chi connectivity index (χ4v) is 2.79. The Balaban J connectivity index is 1.57. The van der Waals surface area contributed by atoms with Crippen molar-refractivity contribution in [2.24, 2.45) is 0 Å². The number of aromatic nitrogens is 2. The number of fused-ring (bicyclic) bond motifs is 1. The van der Waals surface area contributed by atoms with Crippen molar-refractivity contribution in [3.63, 3.8) is 0 Å². The molecule has 3 rings (SSSR count). The largest absolute Gasteiger partial charge is 0.467 e. The average Bonchev–Trinajstić information content (AvgIpc) is 3.13. The van der Waals surface area contributed by atoms with Crippen LogP contribution in [0.3, 0.4) is 0 Å². The second-order valence-corrected chi connectivity index (χ2v) is 5.64. The molecule has 1 aromatic carbocycles. The fourth-order valence-electron chi connectivity index (χ4n) is 1.96. The van der Waals surface area contributed by atoms with Crippen LogP contribution in [0.15, 0.2) is 52.2 Å². The number of imidazole rings is 1. The van der Waals surface area contributed by atoms with Gasteiger partial charge in [0, 0.05) is 7.05 Å². The number of benzene rings is 1. The Hall–Kier alpha value is -2.21. The van der Waals surface area contributed by atoms with Gasteiger partial charge in [0.1, 0.15) is 5.76 Å². The van der Waals surface area contributed by atoms with Crippen LogP contribution in [0, 0.1) is 0 Å². The number of H-pyrrole nitrogens is 1. The lowest BCUT2D eigenvalue weighted by Gasteiger charge is -2.14. The molecule has 0 bridgehead atoms. The average molecular weight is 301 g/mol. The summed E-state index contributed by atoms with van der Waals surface area (Å²) >= 11 is 1.41. The van der Waals surface area contributed by atoms with Gasteiger partial charge in [0.25, 0.3) is 0 Å². The topological polar surface area (TPSA) is 62.1 Å². The maximum Gasteiger partial charge on any atom is 0.233 e. The summed E-state index contributed by atoms with van der Waals surface area (Å²) in [6, 6.07) is 11.5. The number of furan rings is 1. The van der Waals surface area contributed by atoms with Crippen LogP contribution < -0.4 is 0 Å². The molecule has 1 amide bonds. The minimum absolute atomic E-state index is 0.0388. The van der Waals surface area contributed by atoms with E-state index in [9.17, 15) is 4.79 Å². The highest BCUT2D eigenvalue weighted by atomic mass is 32.2. The van der Waals surface area contributed by atoms with Gasteiger partial charge in [0.2, 0.25) is 5.91 Å². The Morgan fingerprint density at radius 1 is 1.33 bits per heavy atom. The maximum atomic E-state index is 12.1. The van der Waals surface area contributed by atoms with Gasteiger partial charge in [-0.1, -0.05) is 23.9 Å². The standard InChI is InChI=1S/C15H15N3O2S/c1-18(9-11-5-4-8-20-11)14(19)10-21-15-16-12-6-2-3-7-13(12)17-15/h2-8H,9-10H2,1H3,(H,16,17). The number of carbonyl (C=O) groups is 1. The molecular formula is C15H15N3O2S. The van der Waals surface area contributed by atoms with Gasteiger partial charge in [-0.2, -0.15) is 0 Å². The Labute approximate surface area is 126 Å². The minimum Gasteiger partial charge on any atom is -0.467 e. The summed E-state index contributed by atoms with van der Waals surface area (Å²) < 4.78 is 5.24. The molecule has 0 fully saturated rings. The van der Waals surface area contributed by atoms with Gasteiger partial charge in [-0.25, -0.2) is 4.98 Å². The number of hydrogen-bond donors (Lipinski definition) is 1. The molecule has 21 heavy (non-hydrogen) atoms. The third kappa shape index (κ3) is 3.28. The first-order chi connectivity index (χ1) is 10.2. The molecule has 0 aliphatic heterocycles. The van der Waals surface area contributed by atoms with Crippen molar-refractivity contribution in [1.82, 2.24) is 14.9 Å². The third-order valence-electron chi connectivity index (χ3n) is 3.10. The first-order valence-electron chi connectivity index (χ1n) is 6.56. The van der Waals surface area contributed by atoms with Crippen molar-refractivity contribution in [3.8, 4) is 0 Å². The van der Waals surface area contributed by atoms with Crippen LogP contribution in [0.2, 0.25) is 0 Å². The summed E-state index contributed by atoms with van der Waals surface area (Å²) in [7, 11) is 1.77. The monoisotopic (exact) mass is 301 g/mol. The van der Waals surface area contributed by atoms with Gasteiger partial charge >= 0.3 is 0 Å². The normalized spacial score (nSPS) is 10.9. The Morgan fingerprint density at radius 3 is 2.95 bits per heavy atom. The zero-order valence-electron chi connectivity index (χ0n) is 11.6. The van der Waals surface area contributed by atoms with Crippen molar-refractivity contribution in [1.29, 1.82) is 0 Å². The highest BCUT2D eigenvalue weighted by molar-refractivity contribution is 7.99. The molecule has 0 saturated carbocycles. The first-order valence-corrected chi connectivity index (χ1v) is 7.55. The number of hydrogen-bond acceptors (Lipinski definition) is 4. The molecule has 0 aliphatic rings. The zero-order valence-corrected chi connectivity index (χ0v) is 12.4. The van der Waals surface area contributed by atoms with Crippen LogP contribution in [-0.2, 0) is 11.3 Å². The van der Waals surface area contributed by atoms with Crippen LogP contribution in [0.5, 0.6) is 0 Å². The maximum absolute atomic E-state index is 12.1. The number of nitrogens with one attached hydrogen (secondary N) is 1. The molecule has 0 aliphatic carbocycles. The lowest BCUT2D eigenvalue weighted by atomic mass is 10.3. The van der Waals surface area contributed by atoms with Crippen LogP contribution in [0.1, 0.15) is 5.76 Å². The second kappa shape index (κ2) is 6.05. The van der Waals surface area contributed by atoms with Gasteiger partial charge < -0.3 is 14.3 Å². The van der Waals surface area contributed by atoms with Gasteiger partial charge in [-0.15, -0.1) is 0 Å². The Bertz CT molecular complexity index is 703. The van der Waals surface area contributed by atoms with Crippen molar-refractivity contribution in [2.45, 2.75) is 11.7 Å². The fraction of sp³-hybridized carbons (Fsp3) is 0.200. The van der Waals surface area contributed by atoms with E-state index in [0.29, 0.717) is 12.3 Å². The first kappa shape index (κ1) is 13.8. The molecule has 2 aromatic heterocycles.